The lowest BCUT2D eigenvalue weighted by Gasteiger charge is -2.50. The lowest BCUT2D eigenvalue weighted by molar-refractivity contribution is -0.154. The number of β-lactam (4-membered cyclic amide) rings is 1. The van der Waals surface area contributed by atoms with E-state index in [1.54, 1.807) is 0 Å². The van der Waals surface area contributed by atoms with Gasteiger partial charge in [0.1, 0.15) is 17.1 Å². The van der Waals surface area contributed by atoms with E-state index in [-0.39, 0.29) is 30.0 Å². The van der Waals surface area contributed by atoms with Gasteiger partial charge in [-0.1, -0.05) is 91.0 Å². The minimum atomic E-state index is -0.713. The van der Waals surface area contributed by atoms with Crippen LogP contribution in [0, 0.1) is 0 Å². The van der Waals surface area contributed by atoms with Crippen LogP contribution in [-0.2, 0) is 25.5 Å². The second-order valence-electron chi connectivity index (χ2n) is 9.88. The summed E-state index contributed by atoms with van der Waals surface area (Å²) in [6, 6.07) is 27.5. The number of amides is 2. The Morgan fingerprint density at radius 3 is 2.17 bits per heavy atom. The summed E-state index contributed by atoms with van der Waals surface area (Å²) in [7, 11) is 0. The van der Waals surface area contributed by atoms with E-state index in [1.807, 2.05) is 91.0 Å². The van der Waals surface area contributed by atoms with Crippen LogP contribution in [-0.4, -0.2) is 52.4 Å². The van der Waals surface area contributed by atoms with E-state index in [0.29, 0.717) is 18.7 Å². The number of benzene rings is 3. The molecule has 1 unspecified atom stereocenters. The molecule has 3 aromatic rings. The molecular weight excluding hydrogens is 524 g/mol. The minimum Gasteiger partial charge on any atom is -0.448 e. The summed E-state index contributed by atoms with van der Waals surface area (Å²) in [5.74, 6) is -0.646. The normalized spacial score (nSPS) is 21.7. The van der Waals surface area contributed by atoms with Crippen molar-refractivity contribution in [2.45, 2.75) is 36.4 Å². The van der Waals surface area contributed by atoms with Gasteiger partial charge in [0, 0.05) is 5.75 Å². The average molecular weight is 553 g/mol. The maximum absolute atomic E-state index is 14.0. The van der Waals surface area contributed by atoms with E-state index in [0.717, 1.165) is 22.3 Å². The van der Waals surface area contributed by atoms with E-state index >= 15 is 0 Å². The summed E-state index contributed by atoms with van der Waals surface area (Å²) in [6.07, 6.45) is 0.202. The quantitative estimate of drug-likeness (QED) is 0.329. The molecule has 0 radical (unpaired) electrons. The fourth-order valence-electron chi connectivity index (χ4n) is 5.28. The molecule has 8 nitrogen and oxygen atoms in total. The first-order valence-electron chi connectivity index (χ1n) is 13.3. The first kappa shape index (κ1) is 26.0. The number of fused-ring (bicyclic) bond motifs is 1. The van der Waals surface area contributed by atoms with Crippen molar-refractivity contribution < 1.29 is 19.1 Å². The summed E-state index contributed by atoms with van der Waals surface area (Å²) in [6.45, 7) is 0.577. The molecule has 1 saturated heterocycles. The van der Waals surface area contributed by atoms with Gasteiger partial charge < -0.3 is 10.1 Å². The Kier molecular flexibility index (Phi) is 7.46. The molecule has 2 amide bonds. The first-order valence-corrected chi connectivity index (χ1v) is 14.3. The van der Waals surface area contributed by atoms with E-state index < -0.39 is 23.5 Å². The highest BCUT2D eigenvalue weighted by atomic mass is 32.2. The van der Waals surface area contributed by atoms with Crippen molar-refractivity contribution in [2.24, 2.45) is 10.2 Å². The third-order valence-corrected chi connectivity index (χ3v) is 8.57. The predicted molar refractivity (Wildman–Crippen MR) is 151 cm³/mol. The lowest BCUT2D eigenvalue weighted by Crippen LogP contribution is -2.71. The summed E-state index contributed by atoms with van der Waals surface area (Å²) < 4.78 is 6.19. The highest BCUT2D eigenvalue weighted by Crippen LogP contribution is 2.43. The number of azo groups is 1. The third-order valence-electron chi connectivity index (χ3n) is 7.27. The van der Waals surface area contributed by atoms with Gasteiger partial charge in [-0.05, 0) is 28.7 Å². The zero-order valence-corrected chi connectivity index (χ0v) is 22.5. The molecule has 0 bridgehead atoms. The Morgan fingerprint density at radius 2 is 1.57 bits per heavy atom. The zero-order valence-electron chi connectivity index (χ0n) is 21.7. The lowest BCUT2D eigenvalue weighted by atomic mass is 9.97. The predicted octanol–water partition coefficient (Wildman–Crippen LogP) is 4.44. The van der Waals surface area contributed by atoms with Gasteiger partial charge in [-0.25, -0.2) is 4.79 Å². The van der Waals surface area contributed by atoms with Crippen molar-refractivity contribution in [3.63, 3.8) is 0 Å². The third kappa shape index (κ3) is 5.16. The van der Waals surface area contributed by atoms with E-state index in [2.05, 4.69) is 15.5 Å². The molecule has 3 aliphatic heterocycles. The van der Waals surface area contributed by atoms with Crippen LogP contribution in [0.5, 0.6) is 0 Å². The molecule has 202 valence electrons. The SMILES string of the molecule is O=C(Cc1ccccc1)N[C@@H]1C(=O)N2C(C(=O)OC(c3ccccc3)c3ccccc3)=C(C3CCN=N3)CS[C@H]12. The van der Waals surface area contributed by atoms with Crippen molar-refractivity contribution in [3.05, 3.63) is 119 Å². The molecule has 0 aromatic heterocycles. The fraction of sp³-hybridized carbons (Fsp3) is 0.258. The standard InChI is InChI=1S/C31H28N4O4S/c36-25(18-20-10-4-1-5-11-20)33-26-29(37)35-27(23(19-40-30(26)35)24-16-17-32-34-24)31(38)39-28(21-12-6-2-7-13-21)22-14-8-3-9-15-22/h1-15,24,26,28,30H,16-19H2,(H,33,36)/t24?,26-,30-/m1/s1. The number of hydrogen-bond acceptors (Lipinski definition) is 7. The van der Waals surface area contributed by atoms with Crippen molar-refractivity contribution in [1.82, 2.24) is 10.2 Å². The van der Waals surface area contributed by atoms with Gasteiger partial charge in [0.2, 0.25) is 5.91 Å². The van der Waals surface area contributed by atoms with Gasteiger partial charge in [-0.2, -0.15) is 10.2 Å². The van der Waals surface area contributed by atoms with Crippen molar-refractivity contribution >= 4 is 29.5 Å². The van der Waals surface area contributed by atoms with Gasteiger partial charge in [0.25, 0.3) is 5.91 Å². The van der Waals surface area contributed by atoms with Crippen LogP contribution in [0.2, 0.25) is 0 Å². The van der Waals surface area contributed by atoms with Crippen LogP contribution >= 0.6 is 11.8 Å². The van der Waals surface area contributed by atoms with Crippen LogP contribution in [0.15, 0.2) is 112 Å². The summed E-state index contributed by atoms with van der Waals surface area (Å²) in [5, 5.41) is 11.0. The number of carbonyl (C=O) groups is 3. The number of rotatable bonds is 8. The van der Waals surface area contributed by atoms with Crippen LogP contribution in [0.25, 0.3) is 0 Å². The van der Waals surface area contributed by atoms with Gasteiger partial charge >= 0.3 is 5.97 Å². The van der Waals surface area contributed by atoms with Crippen LogP contribution in [0.3, 0.4) is 0 Å². The Bertz CT molecular complexity index is 1420. The maximum Gasteiger partial charge on any atom is 0.356 e. The number of thioether (sulfide) groups is 1. The Hall–Kier alpha value is -4.24. The van der Waals surface area contributed by atoms with Gasteiger partial charge in [0.15, 0.2) is 6.10 Å². The van der Waals surface area contributed by atoms with Crippen molar-refractivity contribution in [2.75, 3.05) is 12.3 Å². The van der Waals surface area contributed by atoms with Gasteiger partial charge in [-0.15, -0.1) is 11.8 Å². The molecule has 3 aliphatic rings. The van der Waals surface area contributed by atoms with Crippen LogP contribution in [0.4, 0.5) is 0 Å². The Labute approximate surface area is 236 Å². The van der Waals surface area contributed by atoms with Crippen molar-refractivity contribution in [3.8, 4) is 0 Å². The molecule has 40 heavy (non-hydrogen) atoms. The molecule has 0 saturated carbocycles. The second-order valence-corrected chi connectivity index (χ2v) is 11.0. The molecule has 3 atom stereocenters. The topological polar surface area (TPSA) is 100 Å². The maximum atomic E-state index is 14.0. The number of hydrogen-bond donors (Lipinski definition) is 1. The number of esters is 1. The van der Waals surface area contributed by atoms with E-state index in [4.69, 9.17) is 4.74 Å². The molecule has 1 N–H and O–H groups in total. The zero-order chi connectivity index (χ0) is 27.5. The van der Waals surface area contributed by atoms with Gasteiger partial charge in [-0.3, -0.25) is 14.5 Å². The van der Waals surface area contributed by atoms with Crippen LogP contribution < -0.4 is 5.32 Å². The smallest absolute Gasteiger partial charge is 0.356 e. The number of nitrogens with zero attached hydrogens (tertiary/aromatic N) is 3. The Balaban J connectivity index is 1.27. The summed E-state index contributed by atoms with van der Waals surface area (Å²) in [5.41, 5.74) is 3.49. The van der Waals surface area contributed by atoms with Crippen LogP contribution in [0.1, 0.15) is 29.2 Å². The summed E-state index contributed by atoms with van der Waals surface area (Å²) in [4.78, 5) is 41.7. The second kappa shape index (κ2) is 11.5. The highest BCUT2D eigenvalue weighted by Gasteiger charge is 2.55. The molecule has 1 fully saturated rings. The van der Waals surface area contributed by atoms with E-state index in [1.165, 1.54) is 16.7 Å². The number of nitrogens with one attached hydrogen (secondary N) is 1. The molecule has 3 heterocycles. The first-order chi connectivity index (χ1) is 19.6. The molecule has 0 spiro atoms. The minimum absolute atomic E-state index is 0.177. The van der Waals surface area contributed by atoms with Crippen molar-refractivity contribution in [1.29, 1.82) is 0 Å². The fourth-order valence-corrected chi connectivity index (χ4v) is 6.69. The average Bonchev–Trinajstić information content (AvgIpc) is 3.54. The summed E-state index contributed by atoms with van der Waals surface area (Å²) >= 11 is 1.52. The van der Waals surface area contributed by atoms with Gasteiger partial charge in [0.05, 0.1) is 19.0 Å². The Morgan fingerprint density at radius 1 is 0.950 bits per heavy atom. The number of carbonyl (C=O) groups excluding carboxylic acids is 3. The molecule has 0 aliphatic carbocycles. The monoisotopic (exact) mass is 552 g/mol. The van der Waals surface area contributed by atoms with E-state index in [9.17, 15) is 14.4 Å². The molecule has 9 heteroatoms. The molecule has 3 aromatic carbocycles. The highest BCUT2D eigenvalue weighted by molar-refractivity contribution is 8.00. The molecular formula is C31H28N4O4S. The molecule has 6 rings (SSSR count). The number of ether oxygens (including phenoxy) is 1. The largest absolute Gasteiger partial charge is 0.448 e.